The molecule has 4 heteroatoms. The molecule has 1 heterocycles. The van der Waals surface area contributed by atoms with Gasteiger partial charge in [0.15, 0.2) is 0 Å². The third kappa shape index (κ3) is 2.00. The van der Waals surface area contributed by atoms with E-state index in [4.69, 9.17) is 0 Å². The van der Waals surface area contributed by atoms with E-state index in [9.17, 15) is 4.79 Å². The molecule has 1 N–H and O–H groups in total. The van der Waals surface area contributed by atoms with Crippen molar-refractivity contribution in [2.75, 3.05) is 5.32 Å². The summed E-state index contributed by atoms with van der Waals surface area (Å²) in [5.74, 6) is 0. The van der Waals surface area contributed by atoms with Crippen molar-refractivity contribution in [3.63, 3.8) is 0 Å². The zero-order chi connectivity index (χ0) is 12.4. The first-order valence-electron chi connectivity index (χ1n) is 5.58. The van der Waals surface area contributed by atoms with Crippen molar-refractivity contribution in [3.05, 3.63) is 71.4 Å². The largest absolute Gasteiger partial charge is 0.374 e. The predicted molar refractivity (Wildman–Crippen MR) is 67.6 cm³/mol. The smallest absolute Gasteiger partial charge is 0.368 e. The van der Waals surface area contributed by atoms with Gasteiger partial charge >= 0.3 is 6.03 Å². The summed E-state index contributed by atoms with van der Waals surface area (Å²) in [6.45, 7) is 1.87. The molecule has 4 nitrogen and oxygen atoms in total. The number of anilines is 1. The maximum atomic E-state index is 11.2. The molecular weight excluding hydrogens is 226 g/mol. The average Bonchev–Trinajstić information content (AvgIpc) is 2.78. The molecule has 2 amide bonds. The number of carbonyl (C=O) groups is 1. The molecule has 0 unspecified atom stereocenters. The Kier molecular flexibility index (Phi) is 2.61. The molecule has 0 bridgehead atoms. The summed E-state index contributed by atoms with van der Waals surface area (Å²) in [5, 5.41) is 4.37. The van der Waals surface area contributed by atoms with E-state index >= 15 is 0 Å². The number of hydrogen-bond donors (Lipinski definition) is 1. The normalized spacial score (nSPS) is 12.6. The SMILES string of the molecule is O=C1N=c2cccc(N[CH]c3ccccc3)c2=N1. The van der Waals surface area contributed by atoms with Crippen molar-refractivity contribution in [3.8, 4) is 0 Å². The molecule has 1 aliphatic rings. The van der Waals surface area contributed by atoms with Crippen LogP contribution in [0.1, 0.15) is 5.56 Å². The first kappa shape index (κ1) is 10.7. The molecule has 2 aromatic rings. The number of hydrogen-bond acceptors (Lipinski definition) is 2. The number of nitrogens with zero attached hydrogens (tertiary/aromatic N) is 2. The van der Waals surface area contributed by atoms with Gasteiger partial charge in [-0.1, -0.05) is 36.4 Å². The van der Waals surface area contributed by atoms with Gasteiger partial charge in [-0.3, -0.25) is 0 Å². The van der Waals surface area contributed by atoms with Crippen LogP contribution in [0.4, 0.5) is 10.5 Å². The Morgan fingerprint density at radius 3 is 2.61 bits per heavy atom. The zero-order valence-electron chi connectivity index (χ0n) is 9.50. The van der Waals surface area contributed by atoms with Gasteiger partial charge in [0, 0.05) is 0 Å². The van der Waals surface area contributed by atoms with Crippen LogP contribution in [0.5, 0.6) is 0 Å². The van der Waals surface area contributed by atoms with E-state index in [0.717, 1.165) is 11.3 Å². The number of benzene rings is 2. The Labute approximate surface area is 104 Å². The van der Waals surface area contributed by atoms with Gasteiger partial charge in [0.1, 0.15) is 5.36 Å². The van der Waals surface area contributed by atoms with Crippen molar-refractivity contribution in [2.45, 2.75) is 0 Å². The average molecular weight is 236 g/mol. The van der Waals surface area contributed by atoms with E-state index in [1.165, 1.54) is 0 Å². The highest BCUT2D eigenvalue weighted by molar-refractivity contribution is 5.78. The summed E-state index contributed by atoms with van der Waals surface area (Å²) in [6, 6.07) is 14.9. The van der Waals surface area contributed by atoms with Crippen LogP contribution in [0.3, 0.4) is 0 Å². The summed E-state index contributed by atoms with van der Waals surface area (Å²) >= 11 is 0. The van der Waals surface area contributed by atoms with Crippen LogP contribution in [0, 0.1) is 6.54 Å². The third-order valence-electron chi connectivity index (χ3n) is 2.63. The van der Waals surface area contributed by atoms with E-state index in [1.54, 1.807) is 6.07 Å². The minimum Gasteiger partial charge on any atom is -0.374 e. The third-order valence-corrected chi connectivity index (χ3v) is 2.63. The quantitative estimate of drug-likeness (QED) is 0.881. The van der Waals surface area contributed by atoms with Crippen molar-refractivity contribution in [1.29, 1.82) is 0 Å². The Morgan fingerprint density at radius 2 is 1.78 bits per heavy atom. The van der Waals surface area contributed by atoms with Crippen molar-refractivity contribution < 1.29 is 4.79 Å². The number of nitrogens with one attached hydrogen (secondary N) is 1. The Balaban J connectivity index is 1.88. The second-order valence-electron chi connectivity index (χ2n) is 3.88. The first-order chi connectivity index (χ1) is 8.83. The summed E-state index contributed by atoms with van der Waals surface area (Å²) in [6.07, 6.45) is 0. The van der Waals surface area contributed by atoms with Gasteiger partial charge in [-0.05, 0) is 17.7 Å². The minimum atomic E-state index is -0.445. The highest BCUT2D eigenvalue weighted by atomic mass is 16.2. The molecule has 18 heavy (non-hydrogen) atoms. The molecule has 0 fully saturated rings. The van der Waals surface area contributed by atoms with Crippen molar-refractivity contribution in [1.82, 2.24) is 0 Å². The van der Waals surface area contributed by atoms with Gasteiger partial charge < -0.3 is 5.32 Å². The zero-order valence-corrected chi connectivity index (χ0v) is 9.50. The van der Waals surface area contributed by atoms with E-state index in [1.807, 2.05) is 49.0 Å². The van der Waals surface area contributed by atoms with Crippen LogP contribution in [0.2, 0.25) is 0 Å². The number of amides is 2. The van der Waals surface area contributed by atoms with E-state index in [0.29, 0.717) is 10.7 Å². The van der Waals surface area contributed by atoms with Crippen LogP contribution in [-0.2, 0) is 0 Å². The minimum absolute atomic E-state index is 0.445. The van der Waals surface area contributed by atoms with E-state index in [-0.39, 0.29) is 0 Å². The van der Waals surface area contributed by atoms with Crippen LogP contribution in [-0.4, -0.2) is 6.03 Å². The topological polar surface area (TPSA) is 53.8 Å². The van der Waals surface area contributed by atoms with Crippen LogP contribution in [0.25, 0.3) is 0 Å². The first-order valence-corrected chi connectivity index (χ1v) is 5.58. The Bertz CT molecular complexity index is 708. The lowest BCUT2D eigenvalue weighted by Gasteiger charge is -2.04. The fourth-order valence-corrected chi connectivity index (χ4v) is 1.79. The highest BCUT2D eigenvalue weighted by Crippen LogP contribution is 2.05. The van der Waals surface area contributed by atoms with Gasteiger partial charge in [-0.15, -0.1) is 0 Å². The number of urea groups is 1. The lowest BCUT2D eigenvalue weighted by Crippen LogP contribution is -2.24. The molecule has 0 saturated carbocycles. The van der Waals surface area contributed by atoms with E-state index in [2.05, 4.69) is 15.3 Å². The lowest BCUT2D eigenvalue weighted by atomic mass is 10.2. The van der Waals surface area contributed by atoms with Gasteiger partial charge in [-0.2, -0.15) is 9.98 Å². The van der Waals surface area contributed by atoms with Crippen LogP contribution < -0.4 is 16.0 Å². The van der Waals surface area contributed by atoms with Gasteiger partial charge in [0.25, 0.3) is 0 Å². The Hall–Kier alpha value is -2.49. The van der Waals surface area contributed by atoms with E-state index < -0.39 is 6.03 Å². The molecule has 0 atom stereocenters. The number of rotatable bonds is 3. The molecule has 2 aromatic carbocycles. The van der Waals surface area contributed by atoms with Crippen LogP contribution in [0.15, 0.2) is 58.5 Å². The fourth-order valence-electron chi connectivity index (χ4n) is 1.79. The summed E-state index contributed by atoms with van der Waals surface area (Å²) in [7, 11) is 0. The monoisotopic (exact) mass is 236 g/mol. The molecule has 0 spiro atoms. The summed E-state index contributed by atoms with van der Waals surface area (Å²) in [5.41, 5.74) is 1.84. The molecular formula is C14H10N3O. The molecule has 1 aliphatic heterocycles. The number of para-hydroxylation sites is 1. The molecule has 87 valence electrons. The summed E-state index contributed by atoms with van der Waals surface area (Å²) in [4.78, 5) is 18.8. The lowest BCUT2D eigenvalue weighted by molar-refractivity contribution is 0.256. The number of fused-ring (bicyclic) bond motifs is 1. The van der Waals surface area contributed by atoms with Gasteiger partial charge in [0.2, 0.25) is 0 Å². The molecule has 0 saturated heterocycles. The maximum absolute atomic E-state index is 11.2. The second-order valence-corrected chi connectivity index (χ2v) is 3.88. The van der Waals surface area contributed by atoms with Gasteiger partial charge in [0.05, 0.1) is 17.6 Å². The summed E-state index contributed by atoms with van der Waals surface area (Å²) < 4.78 is 0. The molecule has 1 radical (unpaired) electrons. The molecule has 0 aromatic heterocycles. The van der Waals surface area contributed by atoms with Crippen molar-refractivity contribution in [2.24, 2.45) is 9.98 Å². The maximum Gasteiger partial charge on any atom is 0.368 e. The number of carbonyl (C=O) groups excluding carboxylic acids is 1. The molecule has 3 rings (SSSR count). The fraction of sp³-hybridized carbons (Fsp3) is 0. The van der Waals surface area contributed by atoms with Crippen molar-refractivity contribution >= 4 is 11.7 Å². The molecule has 0 aliphatic carbocycles. The highest BCUT2D eigenvalue weighted by Gasteiger charge is 2.08. The van der Waals surface area contributed by atoms with Gasteiger partial charge in [-0.25, -0.2) is 4.79 Å². The van der Waals surface area contributed by atoms with Crippen LogP contribution >= 0.6 is 0 Å². The standard InChI is InChI=1S/C14H10N3O/c18-14-16-12-8-4-7-11(13(12)17-14)15-9-10-5-2-1-3-6-10/h1-9,15H. The predicted octanol–water partition coefficient (Wildman–Crippen LogP) is 1.68. The Morgan fingerprint density at radius 1 is 0.944 bits per heavy atom. The second kappa shape index (κ2) is 4.41.